The molecule has 0 bridgehead atoms. The molecular formula is C7H8F9N. The minimum atomic E-state index is -6.57. The molecule has 0 aliphatic rings. The highest BCUT2D eigenvalue weighted by molar-refractivity contribution is 5.05. The average molecular weight is 277 g/mol. The summed E-state index contributed by atoms with van der Waals surface area (Å²) in [7, 11) is 0. The lowest BCUT2D eigenvalue weighted by Crippen LogP contribution is -2.68. The first-order valence-electron chi connectivity index (χ1n) is 4.19. The molecule has 1 nitrogen and oxygen atoms in total. The molecule has 1 unspecified atom stereocenters. The summed E-state index contributed by atoms with van der Waals surface area (Å²) in [6.07, 6.45) is -20.8. The van der Waals surface area contributed by atoms with Gasteiger partial charge in [0.25, 0.3) is 5.41 Å². The van der Waals surface area contributed by atoms with Crippen LogP contribution in [0.15, 0.2) is 0 Å². The van der Waals surface area contributed by atoms with E-state index in [0.29, 0.717) is 6.92 Å². The van der Waals surface area contributed by atoms with E-state index in [1.165, 1.54) is 0 Å². The second-order valence-electron chi connectivity index (χ2n) is 3.32. The van der Waals surface area contributed by atoms with E-state index in [1.807, 2.05) is 0 Å². The third-order valence-electron chi connectivity index (χ3n) is 2.34. The first-order valence-corrected chi connectivity index (χ1v) is 4.19. The van der Waals surface area contributed by atoms with Crippen LogP contribution in [-0.4, -0.2) is 24.6 Å². The first-order chi connectivity index (χ1) is 7.23. The molecular weight excluding hydrogens is 269 g/mol. The predicted molar refractivity (Wildman–Crippen MR) is 38.9 cm³/mol. The molecule has 1 atom stereocenters. The van der Waals surface area contributed by atoms with E-state index >= 15 is 0 Å². The summed E-state index contributed by atoms with van der Waals surface area (Å²) in [5.74, 6) is 0. The monoisotopic (exact) mass is 277 g/mol. The predicted octanol–water partition coefficient (Wildman–Crippen LogP) is 3.40. The topological polar surface area (TPSA) is 26.0 Å². The average Bonchev–Trinajstić information content (AvgIpc) is 1.95. The van der Waals surface area contributed by atoms with Crippen molar-refractivity contribution in [2.45, 2.75) is 37.9 Å². The summed E-state index contributed by atoms with van der Waals surface area (Å²) < 4.78 is 111. The Morgan fingerprint density at radius 1 is 0.765 bits per heavy atom. The maximum absolute atomic E-state index is 12.3. The van der Waals surface area contributed by atoms with Crippen molar-refractivity contribution in [1.82, 2.24) is 0 Å². The maximum atomic E-state index is 12.3. The Kier molecular flexibility index (Phi) is 4.05. The molecule has 0 radical (unpaired) electrons. The van der Waals surface area contributed by atoms with Crippen molar-refractivity contribution in [3.63, 3.8) is 0 Å². The molecule has 104 valence electrons. The molecule has 0 aliphatic carbocycles. The molecule has 0 aliphatic heterocycles. The Labute approximate surface area is 89.8 Å². The van der Waals surface area contributed by atoms with Crippen LogP contribution >= 0.6 is 0 Å². The van der Waals surface area contributed by atoms with Gasteiger partial charge in [0, 0.05) is 6.04 Å². The van der Waals surface area contributed by atoms with Gasteiger partial charge in [-0.2, -0.15) is 39.5 Å². The fourth-order valence-electron chi connectivity index (χ4n) is 1.42. The molecule has 0 aromatic carbocycles. The molecule has 0 fully saturated rings. The van der Waals surface area contributed by atoms with E-state index in [2.05, 4.69) is 5.73 Å². The number of rotatable bonds is 2. The quantitative estimate of drug-likeness (QED) is 0.769. The van der Waals surface area contributed by atoms with Gasteiger partial charge in [0.2, 0.25) is 0 Å². The van der Waals surface area contributed by atoms with Crippen molar-refractivity contribution < 1.29 is 39.5 Å². The number of halogens is 9. The van der Waals surface area contributed by atoms with Crippen molar-refractivity contribution in [2.75, 3.05) is 0 Å². The summed E-state index contributed by atoms with van der Waals surface area (Å²) in [6.45, 7) is 0.711. The van der Waals surface area contributed by atoms with E-state index in [0.717, 1.165) is 0 Å². The molecule has 10 heteroatoms. The van der Waals surface area contributed by atoms with Crippen LogP contribution in [-0.2, 0) is 0 Å². The highest BCUT2D eigenvalue weighted by Gasteiger charge is 2.85. The van der Waals surface area contributed by atoms with Crippen LogP contribution in [0.25, 0.3) is 0 Å². The maximum Gasteiger partial charge on any atom is 0.413 e. The van der Waals surface area contributed by atoms with Crippen LogP contribution in [0.2, 0.25) is 0 Å². The highest BCUT2D eigenvalue weighted by atomic mass is 19.4. The molecule has 0 spiro atoms. The van der Waals surface area contributed by atoms with Crippen LogP contribution in [0.4, 0.5) is 39.5 Å². The third-order valence-corrected chi connectivity index (χ3v) is 2.34. The van der Waals surface area contributed by atoms with Gasteiger partial charge >= 0.3 is 18.5 Å². The zero-order valence-electron chi connectivity index (χ0n) is 8.26. The second-order valence-corrected chi connectivity index (χ2v) is 3.32. The lowest BCUT2D eigenvalue weighted by atomic mass is 9.77. The van der Waals surface area contributed by atoms with E-state index < -0.39 is 36.4 Å². The van der Waals surface area contributed by atoms with Gasteiger partial charge in [0.1, 0.15) is 0 Å². The highest BCUT2D eigenvalue weighted by Crippen LogP contribution is 2.61. The van der Waals surface area contributed by atoms with Crippen molar-refractivity contribution in [1.29, 1.82) is 0 Å². The lowest BCUT2D eigenvalue weighted by Gasteiger charge is -2.42. The number of alkyl halides is 9. The first kappa shape index (κ1) is 16.3. The largest absolute Gasteiger partial charge is 0.413 e. The standard InChI is InChI=1S/C7H8F9N/c1-2-3(17)4(5(8,9)10,6(11,12)13)7(14,15)16/h3H,2,17H2,1H3. The molecule has 0 aromatic heterocycles. The Hall–Kier alpha value is -0.670. The van der Waals surface area contributed by atoms with E-state index in [9.17, 15) is 39.5 Å². The molecule has 0 rings (SSSR count). The van der Waals surface area contributed by atoms with Gasteiger partial charge in [-0.1, -0.05) is 6.92 Å². The minimum Gasteiger partial charge on any atom is -0.326 e. The summed E-state index contributed by atoms with van der Waals surface area (Å²) in [4.78, 5) is 0. The van der Waals surface area contributed by atoms with Crippen LogP contribution in [0, 0.1) is 5.41 Å². The van der Waals surface area contributed by atoms with Crippen LogP contribution in [0.5, 0.6) is 0 Å². The van der Waals surface area contributed by atoms with Gasteiger partial charge < -0.3 is 5.73 Å². The Bertz CT molecular complexity index is 224. The van der Waals surface area contributed by atoms with Crippen LogP contribution < -0.4 is 5.73 Å². The molecule has 0 amide bonds. The molecule has 0 saturated heterocycles. The van der Waals surface area contributed by atoms with Gasteiger partial charge in [-0.05, 0) is 6.42 Å². The zero-order valence-corrected chi connectivity index (χ0v) is 8.26. The summed E-state index contributed by atoms with van der Waals surface area (Å²) in [5, 5.41) is 0. The number of hydrogen-bond donors (Lipinski definition) is 1. The van der Waals surface area contributed by atoms with Crippen molar-refractivity contribution in [2.24, 2.45) is 11.1 Å². The molecule has 0 heterocycles. The smallest absolute Gasteiger partial charge is 0.326 e. The molecule has 0 aromatic rings. The van der Waals surface area contributed by atoms with E-state index in [-0.39, 0.29) is 0 Å². The van der Waals surface area contributed by atoms with Crippen LogP contribution in [0.1, 0.15) is 13.3 Å². The van der Waals surface area contributed by atoms with Crippen LogP contribution in [0.3, 0.4) is 0 Å². The SMILES string of the molecule is CCC(N)C(C(F)(F)F)(C(F)(F)F)C(F)(F)F. The van der Waals surface area contributed by atoms with Crippen molar-refractivity contribution in [3.05, 3.63) is 0 Å². The molecule has 0 saturated carbocycles. The van der Waals surface area contributed by atoms with Gasteiger partial charge in [0.15, 0.2) is 0 Å². The normalized spacial score (nSPS) is 17.1. The number of hydrogen-bond acceptors (Lipinski definition) is 1. The third kappa shape index (κ3) is 2.31. The molecule has 17 heavy (non-hydrogen) atoms. The van der Waals surface area contributed by atoms with E-state index in [4.69, 9.17) is 0 Å². The second kappa shape index (κ2) is 4.21. The lowest BCUT2D eigenvalue weighted by molar-refractivity contribution is -0.432. The number of nitrogens with two attached hydrogens (primary N) is 1. The summed E-state index contributed by atoms with van der Waals surface area (Å²) in [6, 6.07) is -3.15. The fourth-order valence-corrected chi connectivity index (χ4v) is 1.42. The summed E-state index contributed by atoms with van der Waals surface area (Å²) >= 11 is 0. The van der Waals surface area contributed by atoms with Crippen molar-refractivity contribution in [3.8, 4) is 0 Å². The van der Waals surface area contributed by atoms with E-state index in [1.54, 1.807) is 0 Å². The zero-order chi connectivity index (χ0) is 14.3. The minimum absolute atomic E-state index is 0.711. The van der Waals surface area contributed by atoms with Gasteiger partial charge in [0.05, 0.1) is 0 Å². The Morgan fingerprint density at radius 3 is 1.06 bits per heavy atom. The van der Waals surface area contributed by atoms with Gasteiger partial charge in [-0.3, -0.25) is 0 Å². The Balaban J connectivity index is 6.13. The van der Waals surface area contributed by atoms with Crippen molar-refractivity contribution >= 4 is 0 Å². The summed E-state index contributed by atoms with van der Waals surface area (Å²) in [5.41, 5.74) is -1.45. The molecule has 2 N–H and O–H groups in total. The Morgan fingerprint density at radius 2 is 1.00 bits per heavy atom. The van der Waals surface area contributed by atoms with Gasteiger partial charge in [-0.25, -0.2) is 0 Å². The van der Waals surface area contributed by atoms with Gasteiger partial charge in [-0.15, -0.1) is 0 Å². The fraction of sp³-hybridized carbons (Fsp3) is 1.00.